The van der Waals surface area contributed by atoms with Crippen molar-refractivity contribution in [2.45, 2.75) is 264 Å². The van der Waals surface area contributed by atoms with Gasteiger partial charge in [0.2, 0.25) is 100 Å². The highest BCUT2D eigenvalue weighted by atomic mass is 32.2. The highest BCUT2D eigenvalue weighted by Crippen LogP contribution is 2.29. The average molecular weight is 2060 g/mol. The number of fused-ring (bicyclic) bond motifs is 7. The summed E-state index contributed by atoms with van der Waals surface area (Å²) in [4.78, 5) is 287. The number of carboxylic acid groups (broad SMARTS) is 2. The monoisotopic (exact) mass is 2060 g/mol. The third-order valence-corrected chi connectivity index (χ3v) is 27.6. The fourth-order valence-electron chi connectivity index (χ4n) is 16.0. The average Bonchev–Trinajstić information content (AvgIpc) is 1.70. The largest absolute Gasteiger partial charge is 0.508 e. The van der Waals surface area contributed by atoms with Gasteiger partial charge in [-0.25, -0.2) is 0 Å². The maximum atomic E-state index is 16.1. The molecule has 4 heterocycles. The zero-order chi connectivity index (χ0) is 105. The smallest absolute Gasteiger partial charge is 0.303 e. The number of phenolic OH excluding ortho intramolecular Hbond substituents is 1. The molecule has 51 heteroatoms. The number of hydrogen-bond donors (Lipinski definition) is 25. The molecule has 3 aromatic carbocycles. The molecule has 0 aromatic heterocycles. The first-order valence-electron chi connectivity index (χ1n) is 47.3. The summed E-state index contributed by atoms with van der Waals surface area (Å²) in [7, 11) is 0. The minimum absolute atomic E-state index is 0.00493. The van der Waals surface area contributed by atoms with Crippen LogP contribution in [0.2, 0.25) is 0 Å². The SMILES string of the molecule is CC[C@H](C)[C@@H]1NC(=O)[C@H](CCC(=O)O)NC(=O)[C@H]([C@@H](C)CC)NC(=O)[C@@H]2CCCN2C(=O)[C@@H]2CSCc3cc(cc(c3)CSC[C@@H](C(=O)NCC(N)=O)NC(=O)[C@@H]3CCCN3C(=O)[C@H](Cc3ccccc3)NC1=O)CSC[C@H](NC(=O)[C@H](C)N)C(=O)N[C@@H](CO)C(=O)N[C@@H]([C@H](C)O)C(=O)N[C@@H](CCC(=O)O)C(=O)N[C@@H](CCCN=C(N)N)C(=O)N[C@@H](CCCN=C(N)N)C(=O)N[C@@H](Cc1ccc(O)cc1)C(=O)N2. The lowest BCUT2D eigenvalue weighted by Crippen LogP contribution is -2.62. The van der Waals surface area contributed by atoms with Crippen LogP contribution in [0.4, 0.5) is 0 Å². The zero-order valence-corrected chi connectivity index (χ0v) is 83.1. The summed E-state index contributed by atoms with van der Waals surface area (Å²) in [5.41, 5.74) is 36.6. The van der Waals surface area contributed by atoms with Crippen LogP contribution in [-0.4, -0.2) is 319 Å². The van der Waals surface area contributed by atoms with Crippen LogP contribution in [0.5, 0.6) is 5.75 Å². The van der Waals surface area contributed by atoms with Crippen molar-refractivity contribution in [3.05, 3.63) is 101 Å². The van der Waals surface area contributed by atoms with Crippen LogP contribution in [0.1, 0.15) is 159 Å². The van der Waals surface area contributed by atoms with E-state index in [0.717, 1.165) is 42.2 Å². The van der Waals surface area contributed by atoms with Crippen molar-refractivity contribution < 1.29 is 117 Å². The molecule has 4 aliphatic heterocycles. The van der Waals surface area contributed by atoms with Gasteiger partial charge in [-0.05, 0) is 130 Å². The summed E-state index contributed by atoms with van der Waals surface area (Å²) >= 11 is 3.21. The summed E-state index contributed by atoms with van der Waals surface area (Å²) < 4.78 is 0. The Morgan fingerprint density at radius 2 is 0.874 bits per heavy atom. The lowest BCUT2D eigenvalue weighted by Gasteiger charge is -2.33. The second kappa shape index (κ2) is 58.4. The van der Waals surface area contributed by atoms with Gasteiger partial charge in [-0.15, -0.1) is 0 Å². The van der Waals surface area contributed by atoms with Crippen LogP contribution in [0, 0.1) is 11.8 Å². The number of guanidine groups is 2. The van der Waals surface area contributed by atoms with Gasteiger partial charge in [-0.1, -0.05) is 101 Å². The number of aliphatic hydroxyl groups excluding tert-OH is 2. The first-order chi connectivity index (χ1) is 67.9. The Bertz CT molecular complexity index is 5020. The number of thioether (sulfide) groups is 3. The molecule has 2 fully saturated rings. The molecule has 0 saturated carbocycles. The molecule has 19 atom stereocenters. The Labute approximate surface area is 839 Å². The number of aromatic hydroxyl groups is 1. The number of amides is 17. The first-order valence-corrected chi connectivity index (χ1v) is 50.7. The van der Waals surface area contributed by atoms with E-state index in [0.29, 0.717) is 22.3 Å². The number of nitrogens with zero attached hydrogens (tertiary/aromatic N) is 4. The number of nitrogens with one attached hydrogen (secondary N) is 14. The number of aliphatic imine (C=N–C) groups is 2. The minimum Gasteiger partial charge on any atom is -0.508 e. The lowest BCUT2D eigenvalue weighted by atomic mass is 9.95. The number of nitrogens with two attached hydrogens (primary N) is 6. The maximum absolute atomic E-state index is 16.1. The molecule has 2 saturated heterocycles. The molecule has 17 amide bonds. The number of aliphatic carboxylic acids is 2. The van der Waals surface area contributed by atoms with Crippen molar-refractivity contribution in [2.24, 2.45) is 56.2 Å². The van der Waals surface area contributed by atoms with E-state index < -0.39 is 272 Å². The van der Waals surface area contributed by atoms with E-state index in [2.05, 4.69) is 84.4 Å². The molecule has 31 N–H and O–H groups in total. The van der Waals surface area contributed by atoms with Crippen LogP contribution in [0.15, 0.2) is 82.8 Å². The van der Waals surface area contributed by atoms with Gasteiger partial charge in [-0.3, -0.25) is 101 Å². The molecule has 7 rings (SSSR count). The van der Waals surface area contributed by atoms with Gasteiger partial charge in [-0.2, -0.15) is 35.3 Å². The molecule has 0 aliphatic carbocycles. The third-order valence-electron chi connectivity index (χ3n) is 24.3. The number of benzene rings is 3. The quantitative estimate of drug-likeness (QED) is 0.0175. The molecule has 4 bridgehead atoms. The van der Waals surface area contributed by atoms with Crippen molar-refractivity contribution in [3.8, 4) is 5.75 Å². The second-order valence-electron chi connectivity index (χ2n) is 35.6. The molecule has 3 aromatic rings. The molecule has 0 unspecified atom stereocenters. The van der Waals surface area contributed by atoms with Crippen LogP contribution in [-0.2, 0) is 121 Å². The lowest BCUT2D eigenvalue weighted by molar-refractivity contribution is -0.143. The summed E-state index contributed by atoms with van der Waals surface area (Å²) in [5.74, 6) is -23.7. The molecule has 48 nitrogen and oxygen atoms in total. The number of carboxylic acids is 2. The van der Waals surface area contributed by atoms with E-state index in [1.165, 1.54) is 41.0 Å². The number of carbonyl (C=O) groups excluding carboxylic acids is 17. The normalized spacial score (nSPS) is 25.2. The van der Waals surface area contributed by atoms with Crippen molar-refractivity contribution in [1.82, 2.24) is 84.2 Å². The Kier molecular flexibility index (Phi) is 47.7. The van der Waals surface area contributed by atoms with Gasteiger partial charge in [0, 0.05) is 86.4 Å². The first kappa shape index (κ1) is 117. The highest BCUT2D eigenvalue weighted by molar-refractivity contribution is 7.99. The topological polar surface area (TPSA) is 781 Å². The van der Waals surface area contributed by atoms with Crippen LogP contribution >= 0.6 is 35.3 Å². The van der Waals surface area contributed by atoms with Crippen LogP contribution in [0.3, 0.4) is 0 Å². The fourth-order valence-corrected chi connectivity index (χ4v) is 19.0. The second-order valence-corrected chi connectivity index (χ2v) is 38.7. The summed E-state index contributed by atoms with van der Waals surface area (Å²) in [6.45, 7) is 6.57. The van der Waals surface area contributed by atoms with Crippen LogP contribution < -0.4 is 109 Å². The Morgan fingerprint density at radius 1 is 0.469 bits per heavy atom. The van der Waals surface area contributed by atoms with Crippen molar-refractivity contribution in [1.29, 1.82) is 0 Å². The van der Waals surface area contributed by atoms with Crippen molar-refractivity contribution >= 4 is 160 Å². The van der Waals surface area contributed by atoms with E-state index in [9.17, 15) is 73.5 Å². The van der Waals surface area contributed by atoms with Crippen LogP contribution in [0.25, 0.3) is 0 Å². The molecule has 0 radical (unpaired) electrons. The van der Waals surface area contributed by atoms with E-state index in [-0.39, 0.29) is 155 Å². The molecule has 4 aliphatic rings. The van der Waals surface area contributed by atoms with E-state index in [1.807, 2.05) is 0 Å². The molecule has 786 valence electrons. The van der Waals surface area contributed by atoms with Gasteiger partial charge in [0.05, 0.1) is 25.3 Å². The number of primary amides is 1. The number of phenols is 1. The van der Waals surface area contributed by atoms with Crippen molar-refractivity contribution in [2.75, 3.05) is 56.6 Å². The Balaban J connectivity index is 1.45. The Morgan fingerprint density at radius 3 is 1.35 bits per heavy atom. The van der Waals surface area contributed by atoms with Gasteiger partial charge >= 0.3 is 11.9 Å². The van der Waals surface area contributed by atoms with Gasteiger partial charge in [0.25, 0.3) is 0 Å². The number of carbonyl (C=O) groups is 19. The molecular weight excluding hydrogens is 1920 g/mol. The van der Waals surface area contributed by atoms with E-state index >= 15 is 43.2 Å². The molecule has 0 spiro atoms. The summed E-state index contributed by atoms with van der Waals surface area (Å²) in [6.07, 6.45) is -5.46. The minimum atomic E-state index is -2.07. The maximum Gasteiger partial charge on any atom is 0.303 e. The number of rotatable bonds is 29. The van der Waals surface area contributed by atoms with E-state index in [1.54, 1.807) is 76.2 Å². The summed E-state index contributed by atoms with van der Waals surface area (Å²) in [5, 5.41) is 88.7. The molecular formula is C92H136N24O24S3. The predicted octanol–water partition coefficient (Wildman–Crippen LogP) is -5.86. The zero-order valence-electron chi connectivity index (χ0n) is 80.7. The van der Waals surface area contributed by atoms with Gasteiger partial charge in [0.1, 0.15) is 96.4 Å². The van der Waals surface area contributed by atoms with Gasteiger partial charge < -0.3 is 144 Å². The molecule has 143 heavy (non-hydrogen) atoms. The van der Waals surface area contributed by atoms with Crippen molar-refractivity contribution in [3.63, 3.8) is 0 Å². The number of aliphatic hydroxyl groups is 2. The van der Waals surface area contributed by atoms with E-state index in [4.69, 9.17) is 34.4 Å². The number of hydrogen-bond acceptors (Lipinski definition) is 28. The Hall–Kier alpha value is -13.1. The predicted molar refractivity (Wildman–Crippen MR) is 529 cm³/mol. The summed E-state index contributed by atoms with van der Waals surface area (Å²) in [6, 6.07) is -7.05. The highest BCUT2D eigenvalue weighted by Gasteiger charge is 2.45. The fraction of sp³-hybridized carbons (Fsp3) is 0.576. The third kappa shape index (κ3) is 37.9. The standard InChI is InChI=1S/C92H136N24O24S3/c1-7-47(3)72-87(137)107-62(38-51-16-10-9-11-17-51)89(139)115-32-14-20-67(115)84(134)110-64(76(126)101-39-69(94)120)44-141-41-53-34-54-36-55(35-53)43-143-46-66(90(140)116-33-15-21-68(116)85(135)113-73(48(4)8-2)86(136)104-60(80(130)112-72)27-29-71(123)124)111-81(131)61(37-52-22-24-56(119)25-23-52)106-78(128)58(19-13-31-100-92(97)98)102-77(127)57(18-12-30-99-91(95)96)103-79(129)59(26-28-70(121)122)105-88(138)74(50(6)118)114-82(132)63(40-117)108-83(133)65(45-142-42-54)109-75(125)49(5)93/h9-11,16-17,22-25,34-36,47-50,57-68,72-74,117-119H,7-8,12-15,18-21,26-33,37-46,93H2,1-6H3,(H2,94,120)(H,101,126)(H,102,127)(H,103,129)(H,104,136)(H,105,138)(H,106,128)(H,107,137)(H,108,133)(H,109,125)(H,110,134)(H,111,131)(H,112,130)(H,113,135)(H,114,132)(H,121,122)(H,123,124)(H4,95,96,99)(H4,97,98,100)/t47-,48-,49-,50-,57-,58-,59-,60-,61-,62-,63-,64-,65-,66-,67-,68-,72-,73-,74-/m0/s1. The van der Waals surface area contributed by atoms with Gasteiger partial charge in [0.15, 0.2) is 11.9 Å².